The molecule has 0 saturated carbocycles. The second-order valence-electron chi connectivity index (χ2n) is 8.04. The summed E-state index contributed by atoms with van der Waals surface area (Å²) in [5, 5.41) is 0. The molecular formula is C25H37N3O2. The monoisotopic (exact) mass is 411 g/mol. The van der Waals surface area contributed by atoms with E-state index in [4.69, 9.17) is 0 Å². The van der Waals surface area contributed by atoms with E-state index >= 15 is 0 Å². The summed E-state index contributed by atoms with van der Waals surface area (Å²) in [5.74, 6) is 0.0777. The Bertz CT molecular complexity index is 785. The van der Waals surface area contributed by atoms with E-state index < -0.39 is 0 Å². The Morgan fingerprint density at radius 1 is 1.03 bits per heavy atom. The summed E-state index contributed by atoms with van der Waals surface area (Å²) in [6.07, 6.45) is 5.94. The van der Waals surface area contributed by atoms with E-state index in [9.17, 15) is 9.59 Å². The summed E-state index contributed by atoms with van der Waals surface area (Å²) in [5.41, 5.74) is 2.25. The second-order valence-corrected chi connectivity index (χ2v) is 8.04. The van der Waals surface area contributed by atoms with Gasteiger partial charge in [-0.05, 0) is 43.9 Å². The average molecular weight is 412 g/mol. The summed E-state index contributed by atoms with van der Waals surface area (Å²) in [6, 6.07) is 14.1. The lowest BCUT2D eigenvalue weighted by molar-refractivity contribution is -0.142. The van der Waals surface area contributed by atoms with Crippen molar-refractivity contribution < 1.29 is 9.59 Å². The first kappa shape index (κ1) is 23.7. The van der Waals surface area contributed by atoms with Crippen LogP contribution in [0.4, 0.5) is 0 Å². The minimum atomic E-state index is 0.0259. The van der Waals surface area contributed by atoms with E-state index in [2.05, 4.69) is 13.8 Å². The van der Waals surface area contributed by atoms with Crippen LogP contribution < -0.4 is 0 Å². The molecule has 1 atom stereocenters. The molecule has 1 heterocycles. The van der Waals surface area contributed by atoms with E-state index in [-0.39, 0.29) is 24.4 Å². The molecule has 0 aliphatic heterocycles. The number of unbranched alkanes of at least 4 members (excludes halogenated alkanes) is 1. The van der Waals surface area contributed by atoms with Crippen LogP contribution >= 0.6 is 0 Å². The average Bonchev–Trinajstić information content (AvgIpc) is 3.17. The molecule has 1 aromatic heterocycles. The molecule has 30 heavy (non-hydrogen) atoms. The van der Waals surface area contributed by atoms with E-state index in [1.165, 1.54) is 0 Å². The van der Waals surface area contributed by atoms with Crippen LogP contribution in [-0.4, -0.2) is 45.3 Å². The lowest BCUT2D eigenvalue weighted by Gasteiger charge is -2.31. The van der Waals surface area contributed by atoms with E-state index in [0.717, 1.165) is 30.5 Å². The topological polar surface area (TPSA) is 45.6 Å². The summed E-state index contributed by atoms with van der Waals surface area (Å²) in [4.78, 5) is 29.9. The van der Waals surface area contributed by atoms with Gasteiger partial charge in [0, 0.05) is 37.9 Å². The first-order valence-electron chi connectivity index (χ1n) is 11.2. The first-order chi connectivity index (χ1) is 14.5. The Morgan fingerprint density at radius 2 is 1.77 bits per heavy atom. The van der Waals surface area contributed by atoms with Crippen molar-refractivity contribution in [3.63, 3.8) is 0 Å². The van der Waals surface area contributed by atoms with Gasteiger partial charge >= 0.3 is 0 Å². The summed E-state index contributed by atoms with van der Waals surface area (Å²) >= 11 is 0. The van der Waals surface area contributed by atoms with Crippen LogP contribution in [0, 0.1) is 0 Å². The van der Waals surface area contributed by atoms with Gasteiger partial charge in [0.1, 0.15) is 0 Å². The molecule has 0 fully saturated rings. The van der Waals surface area contributed by atoms with Crippen molar-refractivity contribution in [3.8, 4) is 0 Å². The molecule has 0 spiro atoms. The first-order valence-corrected chi connectivity index (χ1v) is 11.2. The molecule has 1 unspecified atom stereocenters. The predicted molar refractivity (Wildman–Crippen MR) is 122 cm³/mol. The maximum Gasteiger partial charge on any atom is 0.242 e. The molecule has 2 rings (SSSR count). The van der Waals surface area contributed by atoms with Crippen LogP contribution in [-0.2, 0) is 29.6 Å². The Kier molecular flexibility index (Phi) is 9.65. The summed E-state index contributed by atoms with van der Waals surface area (Å²) in [7, 11) is 2.00. The van der Waals surface area contributed by atoms with Gasteiger partial charge in [-0.3, -0.25) is 9.59 Å². The Morgan fingerprint density at radius 3 is 2.37 bits per heavy atom. The number of benzene rings is 1. The zero-order chi connectivity index (χ0) is 21.9. The highest BCUT2D eigenvalue weighted by Gasteiger charge is 2.24. The Hall–Kier alpha value is -2.56. The molecule has 5 heteroatoms. The molecule has 0 radical (unpaired) electrons. The molecule has 0 N–H and O–H groups in total. The highest BCUT2D eigenvalue weighted by Crippen LogP contribution is 2.13. The third-order valence-electron chi connectivity index (χ3n) is 5.76. The fourth-order valence-electron chi connectivity index (χ4n) is 3.49. The highest BCUT2D eigenvalue weighted by molar-refractivity contribution is 5.85. The second kappa shape index (κ2) is 12.2. The zero-order valence-electron chi connectivity index (χ0n) is 19.0. The number of hydrogen-bond donors (Lipinski definition) is 0. The van der Waals surface area contributed by atoms with Crippen molar-refractivity contribution >= 4 is 11.8 Å². The highest BCUT2D eigenvalue weighted by atomic mass is 16.2. The Labute approximate surface area is 181 Å². The Balaban J connectivity index is 2.06. The van der Waals surface area contributed by atoms with Gasteiger partial charge < -0.3 is 14.4 Å². The predicted octanol–water partition coefficient (Wildman–Crippen LogP) is 4.41. The van der Waals surface area contributed by atoms with E-state index in [1.54, 1.807) is 4.90 Å². The smallest absolute Gasteiger partial charge is 0.242 e. The van der Waals surface area contributed by atoms with Gasteiger partial charge in [0.25, 0.3) is 0 Å². The van der Waals surface area contributed by atoms with Gasteiger partial charge in [-0.15, -0.1) is 0 Å². The standard InChI is InChI=1S/C25H37N3O2/c1-5-7-18-27(19-23-14-11-17-26(23)4)25(30)20-28(21(3)6-2)24(29)16-15-22-12-9-8-10-13-22/h8-14,17,21H,5-7,15-16,18-20H2,1-4H3. The van der Waals surface area contributed by atoms with Gasteiger partial charge in [-0.1, -0.05) is 50.6 Å². The third kappa shape index (κ3) is 7.05. The number of carbonyl (C=O) groups excluding carboxylic acids is 2. The van der Waals surface area contributed by atoms with Crippen molar-refractivity contribution in [1.29, 1.82) is 0 Å². The molecular weight excluding hydrogens is 374 g/mol. The molecule has 1 aromatic carbocycles. The van der Waals surface area contributed by atoms with Crippen molar-refractivity contribution in [3.05, 3.63) is 59.9 Å². The number of aromatic nitrogens is 1. The lowest BCUT2D eigenvalue weighted by atomic mass is 10.1. The van der Waals surface area contributed by atoms with Crippen molar-refractivity contribution in [1.82, 2.24) is 14.4 Å². The minimum Gasteiger partial charge on any atom is -0.353 e. The van der Waals surface area contributed by atoms with Crippen LogP contribution in [0.15, 0.2) is 48.7 Å². The van der Waals surface area contributed by atoms with Gasteiger partial charge in [0.15, 0.2) is 0 Å². The van der Waals surface area contributed by atoms with Crippen LogP contribution in [0.25, 0.3) is 0 Å². The largest absolute Gasteiger partial charge is 0.353 e. The number of nitrogens with zero attached hydrogens (tertiary/aromatic N) is 3. The van der Waals surface area contributed by atoms with Crippen LogP contribution in [0.3, 0.4) is 0 Å². The SMILES string of the molecule is CCCCN(Cc1cccn1C)C(=O)CN(C(=O)CCc1ccccc1)C(C)CC. The normalized spacial score (nSPS) is 11.9. The maximum atomic E-state index is 13.2. The molecule has 5 nitrogen and oxygen atoms in total. The molecule has 2 amide bonds. The van der Waals surface area contributed by atoms with Crippen molar-refractivity contribution in [2.24, 2.45) is 7.05 Å². The van der Waals surface area contributed by atoms with E-state index in [0.29, 0.717) is 25.9 Å². The molecule has 0 saturated heterocycles. The van der Waals surface area contributed by atoms with E-state index in [1.807, 2.05) is 72.1 Å². The number of rotatable bonds is 12. The van der Waals surface area contributed by atoms with Gasteiger partial charge in [0.2, 0.25) is 11.8 Å². The number of hydrogen-bond acceptors (Lipinski definition) is 2. The summed E-state index contributed by atoms with van der Waals surface area (Å²) < 4.78 is 2.05. The molecule has 164 valence electrons. The molecule has 2 aromatic rings. The fraction of sp³-hybridized carbons (Fsp3) is 0.520. The van der Waals surface area contributed by atoms with Crippen LogP contribution in [0.1, 0.15) is 57.7 Å². The van der Waals surface area contributed by atoms with Crippen LogP contribution in [0.5, 0.6) is 0 Å². The van der Waals surface area contributed by atoms with Crippen LogP contribution in [0.2, 0.25) is 0 Å². The summed E-state index contributed by atoms with van der Waals surface area (Å²) in [6.45, 7) is 7.66. The fourth-order valence-corrected chi connectivity index (χ4v) is 3.49. The van der Waals surface area contributed by atoms with Crippen molar-refractivity contribution in [2.75, 3.05) is 13.1 Å². The lowest BCUT2D eigenvalue weighted by Crippen LogP contribution is -2.46. The van der Waals surface area contributed by atoms with Gasteiger partial charge in [0.05, 0.1) is 13.1 Å². The van der Waals surface area contributed by atoms with Crippen molar-refractivity contribution in [2.45, 2.75) is 65.5 Å². The molecule has 0 aliphatic carbocycles. The minimum absolute atomic E-state index is 0.0259. The number of carbonyl (C=O) groups is 2. The maximum absolute atomic E-state index is 13.2. The molecule has 0 aliphatic rings. The third-order valence-corrected chi connectivity index (χ3v) is 5.76. The quantitative estimate of drug-likeness (QED) is 0.519. The van der Waals surface area contributed by atoms with Gasteiger partial charge in [-0.2, -0.15) is 0 Å². The number of amides is 2. The number of aryl methyl sites for hydroxylation is 2. The molecule has 0 bridgehead atoms. The zero-order valence-corrected chi connectivity index (χ0v) is 19.0. The van der Waals surface area contributed by atoms with Gasteiger partial charge in [-0.25, -0.2) is 0 Å².